The SMILES string of the molecule is O=C([O-])c1sccc1Nc1ccccc1.[K+]. The van der Waals surface area contributed by atoms with Crippen LogP contribution in [0.2, 0.25) is 0 Å². The van der Waals surface area contributed by atoms with Gasteiger partial charge in [0.1, 0.15) is 0 Å². The van der Waals surface area contributed by atoms with Crippen LogP contribution in [0, 0.1) is 0 Å². The molecule has 0 aliphatic heterocycles. The van der Waals surface area contributed by atoms with Crippen LogP contribution in [0.1, 0.15) is 9.67 Å². The van der Waals surface area contributed by atoms with Crippen LogP contribution in [0.4, 0.5) is 11.4 Å². The second-order valence-corrected chi connectivity index (χ2v) is 3.86. The number of carbonyl (C=O) groups is 1. The van der Waals surface area contributed by atoms with E-state index in [0.29, 0.717) is 5.69 Å². The summed E-state index contributed by atoms with van der Waals surface area (Å²) in [4.78, 5) is 11.0. The standard InChI is InChI=1S/C11H9NO2S.K/c13-11(14)10-9(6-7-15-10)12-8-4-2-1-3-5-8;/h1-7,12H,(H,13,14);/q;+1/p-1. The van der Waals surface area contributed by atoms with Gasteiger partial charge in [0.05, 0.1) is 16.5 Å². The summed E-state index contributed by atoms with van der Waals surface area (Å²) in [7, 11) is 0. The zero-order chi connectivity index (χ0) is 10.7. The molecule has 0 saturated heterocycles. The fourth-order valence-electron chi connectivity index (χ4n) is 1.24. The van der Waals surface area contributed by atoms with E-state index in [1.165, 1.54) is 0 Å². The quantitative estimate of drug-likeness (QED) is 0.707. The van der Waals surface area contributed by atoms with Gasteiger partial charge in [-0.05, 0) is 23.6 Å². The normalized spacial score (nSPS) is 9.25. The summed E-state index contributed by atoms with van der Waals surface area (Å²) < 4.78 is 0. The summed E-state index contributed by atoms with van der Waals surface area (Å²) in [5, 5.41) is 15.5. The number of carboxylic acids is 1. The van der Waals surface area contributed by atoms with Gasteiger partial charge in [0.25, 0.3) is 0 Å². The minimum Gasteiger partial charge on any atom is -0.544 e. The maximum absolute atomic E-state index is 10.7. The number of anilines is 2. The number of thiophene rings is 1. The van der Waals surface area contributed by atoms with E-state index in [1.54, 1.807) is 11.4 Å². The molecular weight excluding hydrogens is 249 g/mol. The third-order valence-electron chi connectivity index (χ3n) is 1.90. The summed E-state index contributed by atoms with van der Waals surface area (Å²) in [5.41, 5.74) is 1.43. The van der Waals surface area contributed by atoms with E-state index >= 15 is 0 Å². The molecule has 0 saturated carbocycles. The molecule has 1 N–H and O–H groups in total. The van der Waals surface area contributed by atoms with Crippen molar-refractivity contribution in [1.29, 1.82) is 0 Å². The molecule has 1 aromatic heterocycles. The Labute approximate surface area is 140 Å². The van der Waals surface area contributed by atoms with E-state index < -0.39 is 5.97 Å². The Hall–Kier alpha value is -0.174. The van der Waals surface area contributed by atoms with E-state index in [9.17, 15) is 9.90 Å². The fourth-order valence-corrected chi connectivity index (χ4v) is 1.93. The molecule has 0 spiro atoms. The molecule has 0 radical (unpaired) electrons. The Morgan fingerprint density at radius 3 is 2.50 bits per heavy atom. The molecule has 0 fully saturated rings. The van der Waals surface area contributed by atoms with Crippen molar-refractivity contribution < 1.29 is 61.3 Å². The second kappa shape index (κ2) is 6.53. The number of rotatable bonds is 3. The minimum absolute atomic E-state index is 0. The molecule has 0 atom stereocenters. The van der Waals surface area contributed by atoms with Gasteiger partial charge in [-0.25, -0.2) is 0 Å². The number of carbonyl (C=O) groups excluding carboxylic acids is 1. The zero-order valence-electron chi connectivity index (χ0n) is 8.77. The molecule has 0 amide bonds. The Morgan fingerprint density at radius 1 is 1.19 bits per heavy atom. The predicted octanol–water partition coefficient (Wildman–Crippen LogP) is -1.14. The van der Waals surface area contributed by atoms with Crippen molar-refractivity contribution in [1.82, 2.24) is 0 Å². The monoisotopic (exact) mass is 257 g/mol. The summed E-state index contributed by atoms with van der Waals surface area (Å²) >= 11 is 1.15. The largest absolute Gasteiger partial charge is 1.00 e. The van der Waals surface area contributed by atoms with Crippen LogP contribution < -0.4 is 61.8 Å². The first-order valence-electron chi connectivity index (χ1n) is 4.38. The van der Waals surface area contributed by atoms with Crippen LogP contribution in [0.15, 0.2) is 41.8 Å². The number of para-hydroxylation sites is 1. The van der Waals surface area contributed by atoms with Crippen molar-refractivity contribution in [2.45, 2.75) is 0 Å². The van der Waals surface area contributed by atoms with Gasteiger partial charge in [0.15, 0.2) is 0 Å². The van der Waals surface area contributed by atoms with Crippen LogP contribution in [-0.4, -0.2) is 5.97 Å². The Morgan fingerprint density at radius 2 is 1.88 bits per heavy atom. The fraction of sp³-hybridized carbons (Fsp3) is 0. The van der Waals surface area contributed by atoms with Crippen molar-refractivity contribution in [3.8, 4) is 0 Å². The smallest absolute Gasteiger partial charge is 0.544 e. The maximum Gasteiger partial charge on any atom is 1.00 e. The Balaban J connectivity index is 0.00000128. The molecule has 16 heavy (non-hydrogen) atoms. The minimum atomic E-state index is -1.15. The molecule has 3 nitrogen and oxygen atoms in total. The molecule has 2 aromatic rings. The van der Waals surface area contributed by atoms with Gasteiger partial charge in [0.2, 0.25) is 0 Å². The van der Waals surface area contributed by atoms with Gasteiger partial charge in [-0.3, -0.25) is 0 Å². The van der Waals surface area contributed by atoms with E-state index in [4.69, 9.17) is 0 Å². The maximum atomic E-state index is 10.7. The molecule has 0 aliphatic carbocycles. The van der Waals surface area contributed by atoms with E-state index in [2.05, 4.69) is 5.32 Å². The van der Waals surface area contributed by atoms with Gasteiger partial charge in [0, 0.05) is 5.69 Å². The Kier molecular flexibility index (Phi) is 5.67. The topological polar surface area (TPSA) is 52.2 Å². The molecule has 0 unspecified atom stereocenters. The number of hydrogen-bond acceptors (Lipinski definition) is 4. The molecule has 0 aliphatic rings. The molecule has 1 heterocycles. The van der Waals surface area contributed by atoms with Crippen molar-refractivity contribution >= 4 is 28.7 Å². The third-order valence-corrected chi connectivity index (χ3v) is 2.80. The number of hydrogen-bond donors (Lipinski definition) is 1. The average molecular weight is 257 g/mol. The first kappa shape index (κ1) is 13.9. The van der Waals surface area contributed by atoms with Gasteiger partial charge in [-0.1, -0.05) is 18.2 Å². The summed E-state index contributed by atoms with van der Waals surface area (Å²) in [6, 6.07) is 11.1. The molecule has 0 bridgehead atoms. The first-order chi connectivity index (χ1) is 7.27. The van der Waals surface area contributed by atoms with Crippen LogP contribution in [0.5, 0.6) is 0 Å². The van der Waals surface area contributed by atoms with Crippen LogP contribution in [0.25, 0.3) is 0 Å². The molecular formula is C11H8KNO2S. The molecule has 5 heteroatoms. The first-order valence-corrected chi connectivity index (χ1v) is 5.26. The number of aromatic carboxylic acids is 1. The van der Waals surface area contributed by atoms with Gasteiger partial charge in [-0.15, -0.1) is 11.3 Å². The third kappa shape index (κ3) is 3.41. The van der Waals surface area contributed by atoms with E-state index in [0.717, 1.165) is 17.0 Å². The van der Waals surface area contributed by atoms with Crippen molar-refractivity contribution in [3.63, 3.8) is 0 Å². The Bertz CT molecular complexity index is 470. The van der Waals surface area contributed by atoms with Gasteiger partial charge in [-0.2, -0.15) is 0 Å². The number of carboxylic acid groups (broad SMARTS) is 1. The van der Waals surface area contributed by atoms with Crippen LogP contribution >= 0.6 is 11.3 Å². The zero-order valence-corrected chi connectivity index (χ0v) is 12.7. The summed E-state index contributed by atoms with van der Waals surface area (Å²) in [5.74, 6) is -1.15. The molecule has 1 aromatic carbocycles. The van der Waals surface area contributed by atoms with E-state index in [1.807, 2.05) is 30.3 Å². The summed E-state index contributed by atoms with van der Waals surface area (Å²) in [6.45, 7) is 0. The number of benzene rings is 1. The van der Waals surface area contributed by atoms with Gasteiger partial charge < -0.3 is 15.2 Å². The molecule has 76 valence electrons. The summed E-state index contributed by atoms with van der Waals surface area (Å²) in [6.07, 6.45) is 0. The predicted molar refractivity (Wildman–Crippen MR) is 58.4 cm³/mol. The van der Waals surface area contributed by atoms with Gasteiger partial charge >= 0.3 is 51.4 Å². The second-order valence-electron chi connectivity index (χ2n) is 2.94. The van der Waals surface area contributed by atoms with Crippen molar-refractivity contribution in [2.75, 3.05) is 5.32 Å². The van der Waals surface area contributed by atoms with Crippen molar-refractivity contribution in [3.05, 3.63) is 46.7 Å². The number of nitrogens with one attached hydrogen (secondary N) is 1. The van der Waals surface area contributed by atoms with Crippen LogP contribution in [-0.2, 0) is 0 Å². The average Bonchev–Trinajstić information content (AvgIpc) is 2.67. The van der Waals surface area contributed by atoms with E-state index in [-0.39, 0.29) is 56.3 Å². The van der Waals surface area contributed by atoms with Crippen molar-refractivity contribution in [2.24, 2.45) is 0 Å². The molecule has 2 rings (SSSR count). The van der Waals surface area contributed by atoms with Crippen LogP contribution in [0.3, 0.4) is 0 Å².